The van der Waals surface area contributed by atoms with Gasteiger partial charge in [0.15, 0.2) is 0 Å². The highest BCUT2D eigenvalue weighted by molar-refractivity contribution is 7.99. The number of carbonyl (C=O) groups excluding carboxylic acids is 1. The molecular formula is C16H15N5OS. The molecule has 6 nitrogen and oxygen atoms in total. The quantitative estimate of drug-likeness (QED) is 0.730. The van der Waals surface area contributed by atoms with Gasteiger partial charge in [-0.2, -0.15) is 0 Å². The third-order valence-electron chi connectivity index (χ3n) is 3.75. The van der Waals surface area contributed by atoms with Gasteiger partial charge in [0, 0.05) is 11.1 Å². The zero-order valence-electron chi connectivity index (χ0n) is 12.3. The van der Waals surface area contributed by atoms with Gasteiger partial charge in [0.25, 0.3) is 0 Å². The highest BCUT2D eigenvalue weighted by Gasteiger charge is 2.28. The number of aromatic nitrogens is 4. The first-order valence-electron chi connectivity index (χ1n) is 7.49. The fourth-order valence-electron chi connectivity index (χ4n) is 2.48. The largest absolute Gasteiger partial charge is 0.325 e. The zero-order valence-corrected chi connectivity index (χ0v) is 13.2. The van der Waals surface area contributed by atoms with Crippen LogP contribution in [0.25, 0.3) is 10.8 Å². The summed E-state index contributed by atoms with van der Waals surface area (Å²) in [5.41, 5.74) is 0.829. The van der Waals surface area contributed by atoms with Gasteiger partial charge in [0.2, 0.25) is 11.1 Å². The van der Waals surface area contributed by atoms with Crippen LogP contribution in [0.4, 0.5) is 5.69 Å². The minimum atomic E-state index is -0.0586. The van der Waals surface area contributed by atoms with Crippen molar-refractivity contribution in [3.63, 3.8) is 0 Å². The maximum atomic E-state index is 12.2. The number of hydrogen-bond donors (Lipinski definition) is 1. The Kier molecular flexibility index (Phi) is 3.70. The molecule has 7 heteroatoms. The lowest BCUT2D eigenvalue weighted by Crippen LogP contribution is -2.15. The number of thioether (sulfide) groups is 1. The number of fused-ring (bicyclic) bond motifs is 1. The van der Waals surface area contributed by atoms with Gasteiger partial charge in [0.05, 0.1) is 11.8 Å². The number of amides is 1. The van der Waals surface area contributed by atoms with E-state index >= 15 is 0 Å². The number of tetrazole rings is 1. The van der Waals surface area contributed by atoms with Crippen molar-refractivity contribution in [2.75, 3.05) is 11.1 Å². The summed E-state index contributed by atoms with van der Waals surface area (Å²) in [6.45, 7) is 0. The van der Waals surface area contributed by atoms with Crippen molar-refractivity contribution in [1.29, 1.82) is 0 Å². The lowest BCUT2D eigenvalue weighted by Gasteiger charge is -2.08. The molecule has 1 saturated carbocycles. The molecular weight excluding hydrogens is 310 g/mol. The molecule has 1 amide bonds. The van der Waals surface area contributed by atoms with Crippen LogP contribution in [-0.2, 0) is 4.79 Å². The SMILES string of the molecule is O=C(CSc1nnnn1C1CC1)Nc1cccc2ccccc12. The molecule has 1 fully saturated rings. The monoisotopic (exact) mass is 325 g/mol. The second-order valence-corrected chi connectivity index (χ2v) is 6.44. The number of carbonyl (C=O) groups is 1. The Balaban J connectivity index is 1.44. The Morgan fingerprint density at radius 3 is 2.91 bits per heavy atom. The summed E-state index contributed by atoms with van der Waals surface area (Å²) >= 11 is 1.37. The van der Waals surface area contributed by atoms with Crippen LogP contribution in [0.2, 0.25) is 0 Å². The van der Waals surface area contributed by atoms with E-state index in [9.17, 15) is 4.79 Å². The molecule has 1 aliphatic rings. The normalized spacial score (nSPS) is 14.1. The van der Waals surface area contributed by atoms with Gasteiger partial charge in [0.1, 0.15) is 0 Å². The Bertz CT molecular complexity index is 853. The van der Waals surface area contributed by atoms with Crippen molar-refractivity contribution in [1.82, 2.24) is 20.2 Å². The molecule has 0 atom stereocenters. The van der Waals surface area contributed by atoms with Crippen LogP contribution in [0.3, 0.4) is 0 Å². The number of anilines is 1. The van der Waals surface area contributed by atoms with Gasteiger partial charge in [-0.3, -0.25) is 4.79 Å². The van der Waals surface area contributed by atoms with Crippen LogP contribution in [0.1, 0.15) is 18.9 Å². The van der Waals surface area contributed by atoms with Gasteiger partial charge in [-0.1, -0.05) is 48.2 Å². The van der Waals surface area contributed by atoms with Crippen molar-refractivity contribution < 1.29 is 4.79 Å². The minimum Gasteiger partial charge on any atom is -0.325 e. The number of nitrogens with zero attached hydrogens (tertiary/aromatic N) is 4. The smallest absolute Gasteiger partial charge is 0.234 e. The molecule has 1 N–H and O–H groups in total. The summed E-state index contributed by atoms with van der Waals surface area (Å²) < 4.78 is 1.82. The maximum Gasteiger partial charge on any atom is 0.234 e. The maximum absolute atomic E-state index is 12.2. The zero-order chi connectivity index (χ0) is 15.6. The first-order valence-corrected chi connectivity index (χ1v) is 8.48. The van der Waals surface area contributed by atoms with Gasteiger partial charge < -0.3 is 5.32 Å². The van der Waals surface area contributed by atoms with Crippen LogP contribution in [0.15, 0.2) is 47.6 Å². The summed E-state index contributed by atoms with van der Waals surface area (Å²) in [6.07, 6.45) is 2.22. The third kappa shape index (κ3) is 3.05. The Hall–Kier alpha value is -2.41. The van der Waals surface area contributed by atoms with Crippen LogP contribution in [0.5, 0.6) is 0 Å². The van der Waals surface area contributed by atoms with Crippen molar-refractivity contribution in [3.8, 4) is 0 Å². The van der Waals surface area contributed by atoms with Crippen molar-refractivity contribution >= 4 is 34.1 Å². The van der Waals surface area contributed by atoms with Gasteiger partial charge >= 0.3 is 0 Å². The first kappa shape index (κ1) is 14.2. The van der Waals surface area contributed by atoms with Crippen LogP contribution in [-0.4, -0.2) is 31.9 Å². The second kappa shape index (κ2) is 6.00. The highest BCUT2D eigenvalue weighted by Crippen LogP contribution is 2.36. The first-order chi connectivity index (χ1) is 11.3. The van der Waals surface area contributed by atoms with Crippen molar-refractivity contribution in [2.45, 2.75) is 24.0 Å². The third-order valence-corrected chi connectivity index (χ3v) is 4.68. The molecule has 1 aromatic heterocycles. The van der Waals surface area contributed by atoms with E-state index in [4.69, 9.17) is 0 Å². The predicted octanol–water partition coefficient (Wildman–Crippen LogP) is 2.89. The summed E-state index contributed by atoms with van der Waals surface area (Å²) in [5.74, 6) is 0.229. The van der Waals surface area contributed by atoms with E-state index in [0.717, 1.165) is 29.3 Å². The van der Waals surface area contributed by atoms with E-state index in [1.165, 1.54) is 11.8 Å². The standard InChI is InChI=1S/C16H15N5OS/c22-15(10-23-16-18-19-20-21(16)12-8-9-12)17-14-7-3-5-11-4-1-2-6-13(11)14/h1-7,12H,8-10H2,(H,17,22). The Morgan fingerprint density at radius 1 is 1.22 bits per heavy atom. The molecule has 116 valence electrons. The number of rotatable bonds is 5. The van der Waals surface area contributed by atoms with Crippen LogP contribution >= 0.6 is 11.8 Å². The molecule has 0 unspecified atom stereocenters. The molecule has 23 heavy (non-hydrogen) atoms. The molecule has 0 aliphatic heterocycles. The topological polar surface area (TPSA) is 72.7 Å². The fourth-order valence-corrected chi connectivity index (χ4v) is 3.22. The number of benzene rings is 2. The second-order valence-electron chi connectivity index (χ2n) is 5.50. The van der Waals surface area contributed by atoms with Crippen molar-refractivity contribution in [3.05, 3.63) is 42.5 Å². The fraction of sp³-hybridized carbons (Fsp3) is 0.250. The molecule has 3 aromatic rings. The summed E-state index contributed by atoms with van der Waals surface area (Å²) in [5, 5.41) is 17.5. The number of hydrogen-bond acceptors (Lipinski definition) is 5. The van der Waals surface area contributed by atoms with E-state index in [1.54, 1.807) is 0 Å². The average molecular weight is 325 g/mol. The Morgan fingerprint density at radius 2 is 2.04 bits per heavy atom. The van der Waals surface area contributed by atoms with E-state index in [0.29, 0.717) is 11.2 Å². The minimum absolute atomic E-state index is 0.0586. The summed E-state index contributed by atoms with van der Waals surface area (Å²) in [7, 11) is 0. The van der Waals surface area contributed by atoms with Gasteiger partial charge in [-0.05, 0) is 34.7 Å². The number of nitrogens with one attached hydrogen (secondary N) is 1. The average Bonchev–Trinajstić information content (AvgIpc) is 3.31. The summed E-state index contributed by atoms with van der Waals surface area (Å²) in [6, 6.07) is 14.3. The Labute approximate surface area is 137 Å². The van der Waals surface area contributed by atoms with E-state index in [2.05, 4.69) is 20.8 Å². The van der Waals surface area contributed by atoms with Crippen molar-refractivity contribution in [2.24, 2.45) is 0 Å². The van der Waals surface area contributed by atoms with E-state index < -0.39 is 0 Å². The van der Waals surface area contributed by atoms with Gasteiger partial charge in [-0.25, -0.2) is 4.68 Å². The molecule has 0 radical (unpaired) electrons. The molecule has 1 heterocycles. The molecule has 4 rings (SSSR count). The van der Waals surface area contributed by atoms with E-state index in [-0.39, 0.29) is 11.7 Å². The molecule has 2 aromatic carbocycles. The molecule has 0 spiro atoms. The van der Waals surface area contributed by atoms with Crippen LogP contribution < -0.4 is 5.32 Å². The van der Waals surface area contributed by atoms with E-state index in [1.807, 2.05) is 47.1 Å². The lowest BCUT2D eigenvalue weighted by molar-refractivity contribution is -0.113. The highest BCUT2D eigenvalue weighted by atomic mass is 32.2. The predicted molar refractivity (Wildman–Crippen MR) is 89.4 cm³/mol. The molecule has 0 bridgehead atoms. The van der Waals surface area contributed by atoms with Crippen LogP contribution in [0, 0.1) is 0 Å². The molecule has 0 saturated heterocycles. The molecule has 1 aliphatic carbocycles. The summed E-state index contributed by atoms with van der Waals surface area (Å²) in [4.78, 5) is 12.2. The lowest BCUT2D eigenvalue weighted by atomic mass is 10.1. The van der Waals surface area contributed by atoms with Gasteiger partial charge in [-0.15, -0.1) is 5.10 Å².